The van der Waals surface area contributed by atoms with Gasteiger partial charge in [-0.05, 0) is 6.92 Å². The molecule has 0 saturated carbocycles. The van der Waals surface area contributed by atoms with Gasteiger partial charge in [0.1, 0.15) is 5.82 Å². The number of halogens is 2. The van der Waals surface area contributed by atoms with E-state index in [9.17, 15) is 13.6 Å². The summed E-state index contributed by atoms with van der Waals surface area (Å²) in [6.45, 7) is -1.20. The van der Waals surface area contributed by atoms with Crippen molar-refractivity contribution in [2.24, 2.45) is 0 Å². The highest BCUT2D eigenvalue weighted by atomic mass is 19.3. The molecule has 0 unspecified atom stereocenters. The second-order valence-electron chi connectivity index (χ2n) is 3.84. The molecule has 0 fully saturated rings. The molecule has 8 heteroatoms. The second kappa shape index (κ2) is 5.17. The lowest BCUT2D eigenvalue weighted by Crippen LogP contribution is -2.24. The number of alkyl halides is 2. The summed E-state index contributed by atoms with van der Waals surface area (Å²) in [4.78, 5) is 19.7. The smallest absolute Gasteiger partial charge is 0.319 e. The SMILES string of the molecule is COc1nc(C)cc(=O)n1Cc1nccn1C(F)F. The molecule has 0 aromatic carbocycles. The average molecular weight is 270 g/mol. The van der Waals surface area contributed by atoms with Gasteiger partial charge in [-0.3, -0.25) is 13.9 Å². The van der Waals surface area contributed by atoms with Gasteiger partial charge < -0.3 is 4.74 Å². The van der Waals surface area contributed by atoms with Crippen LogP contribution in [-0.4, -0.2) is 26.2 Å². The van der Waals surface area contributed by atoms with Gasteiger partial charge in [0.05, 0.1) is 13.7 Å². The Balaban J connectivity index is 2.43. The molecule has 0 amide bonds. The largest absolute Gasteiger partial charge is 0.468 e. The highest BCUT2D eigenvalue weighted by molar-refractivity contribution is 5.09. The van der Waals surface area contributed by atoms with E-state index in [2.05, 4.69) is 9.97 Å². The molecule has 0 aliphatic heterocycles. The number of hydrogen-bond acceptors (Lipinski definition) is 4. The summed E-state index contributed by atoms with van der Waals surface area (Å²) in [5, 5.41) is 0. The minimum atomic E-state index is -2.71. The van der Waals surface area contributed by atoms with Crippen LogP contribution in [0.2, 0.25) is 0 Å². The first-order valence-corrected chi connectivity index (χ1v) is 5.45. The highest BCUT2D eigenvalue weighted by Gasteiger charge is 2.15. The van der Waals surface area contributed by atoms with Crippen molar-refractivity contribution in [2.75, 3.05) is 7.11 Å². The quantitative estimate of drug-likeness (QED) is 0.837. The summed E-state index contributed by atoms with van der Waals surface area (Å²) in [5.41, 5.74) is 0.114. The fourth-order valence-corrected chi connectivity index (χ4v) is 1.68. The Morgan fingerprint density at radius 1 is 1.47 bits per heavy atom. The van der Waals surface area contributed by atoms with Crippen molar-refractivity contribution < 1.29 is 13.5 Å². The third-order valence-corrected chi connectivity index (χ3v) is 2.54. The molecule has 0 aliphatic rings. The summed E-state index contributed by atoms with van der Waals surface area (Å²) in [7, 11) is 1.36. The first kappa shape index (κ1) is 13.2. The standard InChI is InChI=1S/C11H12F2N4O2/c1-7-5-9(18)17(11(15-7)19-2)6-8-14-3-4-16(8)10(12)13/h3-5,10H,6H2,1-2H3. The van der Waals surface area contributed by atoms with Crippen LogP contribution in [0.5, 0.6) is 6.01 Å². The van der Waals surface area contributed by atoms with E-state index in [0.29, 0.717) is 10.3 Å². The molecule has 102 valence electrons. The third kappa shape index (κ3) is 2.61. The molecule has 0 N–H and O–H groups in total. The second-order valence-corrected chi connectivity index (χ2v) is 3.84. The van der Waals surface area contributed by atoms with Gasteiger partial charge in [-0.25, -0.2) is 9.97 Å². The molecular formula is C11H12F2N4O2. The van der Waals surface area contributed by atoms with Crippen molar-refractivity contribution in [3.8, 4) is 6.01 Å². The fraction of sp³-hybridized carbons (Fsp3) is 0.364. The van der Waals surface area contributed by atoms with E-state index in [-0.39, 0.29) is 23.9 Å². The number of methoxy groups -OCH3 is 1. The van der Waals surface area contributed by atoms with Crippen LogP contribution in [-0.2, 0) is 6.54 Å². The van der Waals surface area contributed by atoms with Crippen molar-refractivity contribution >= 4 is 0 Å². The maximum Gasteiger partial charge on any atom is 0.319 e. The van der Waals surface area contributed by atoms with Crippen molar-refractivity contribution in [3.05, 3.63) is 40.3 Å². The van der Waals surface area contributed by atoms with Crippen molar-refractivity contribution in [1.29, 1.82) is 0 Å². The number of aryl methyl sites for hydroxylation is 1. The van der Waals surface area contributed by atoms with Crippen LogP contribution in [0.15, 0.2) is 23.3 Å². The molecule has 2 aromatic heterocycles. The van der Waals surface area contributed by atoms with E-state index < -0.39 is 6.55 Å². The normalized spacial score (nSPS) is 11.0. The molecule has 0 spiro atoms. The number of ether oxygens (including phenoxy) is 1. The zero-order valence-electron chi connectivity index (χ0n) is 10.4. The Hall–Kier alpha value is -2.25. The first-order valence-electron chi connectivity index (χ1n) is 5.45. The molecule has 2 heterocycles. The molecule has 2 rings (SSSR count). The molecule has 0 saturated heterocycles. The zero-order chi connectivity index (χ0) is 14.0. The maximum absolute atomic E-state index is 12.7. The van der Waals surface area contributed by atoms with Crippen LogP contribution < -0.4 is 10.3 Å². The first-order chi connectivity index (χ1) is 9.02. The highest BCUT2D eigenvalue weighted by Crippen LogP contribution is 2.14. The molecule has 19 heavy (non-hydrogen) atoms. The van der Waals surface area contributed by atoms with Gasteiger partial charge in [-0.15, -0.1) is 0 Å². The minimum absolute atomic E-state index is 0.0565. The molecule has 0 aliphatic carbocycles. The van der Waals surface area contributed by atoms with E-state index in [1.54, 1.807) is 6.92 Å². The Morgan fingerprint density at radius 3 is 2.84 bits per heavy atom. The predicted octanol–water partition coefficient (Wildman–Crippen LogP) is 1.20. The number of rotatable bonds is 4. The van der Waals surface area contributed by atoms with Crippen LogP contribution in [0.1, 0.15) is 18.1 Å². The summed E-state index contributed by atoms with van der Waals surface area (Å²) < 4.78 is 32.2. The average Bonchev–Trinajstić information content (AvgIpc) is 2.80. The Kier molecular flexibility index (Phi) is 3.59. The predicted molar refractivity (Wildman–Crippen MR) is 62.4 cm³/mol. The lowest BCUT2D eigenvalue weighted by atomic mass is 10.4. The van der Waals surface area contributed by atoms with Crippen LogP contribution in [0.3, 0.4) is 0 Å². The molecule has 6 nitrogen and oxygen atoms in total. The van der Waals surface area contributed by atoms with Gasteiger partial charge in [-0.2, -0.15) is 8.78 Å². The van der Waals surface area contributed by atoms with Gasteiger partial charge in [0.2, 0.25) is 0 Å². The molecule has 0 radical (unpaired) electrons. The van der Waals surface area contributed by atoms with Gasteiger partial charge >= 0.3 is 6.55 Å². The minimum Gasteiger partial charge on any atom is -0.468 e. The summed E-state index contributed by atoms with van der Waals surface area (Å²) in [6, 6.07) is 1.37. The van der Waals surface area contributed by atoms with Gasteiger partial charge in [0.15, 0.2) is 0 Å². The van der Waals surface area contributed by atoms with Crippen LogP contribution >= 0.6 is 0 Å². The number of nitrogens with zero attached hydrogens (tertiary/aromatic N) is 4. The monoisotopic (exact) mass is 270 g/mol. The van der Waals surface area contributed by atoms with Gasteiger partial charge in [0.25, 0.3) is 11.6 Å². The third-order valence-electron chi connectivity index (χ3n) is 2.54. The summed E-state index contributed by atoms with van der Waals surface area (Å²) in [6.07, 6.45) is 2.40. The topological polar surface area (TPSA) is 61.9 Å². The van der Waals surface area contributed by atoms with E-state index >= 15 is 0 Å². The maximum atomic E-state index is 12.7. The summed E-state index contributed by atoms with van der Waals surface area (Å²) in [5.74, 6) is 0.0565. The summed E-state index contributed by atoms with van der Waals surface area (Å²) >= 11 is 0. The van der Waals surface area contributed by atoms with Crippen molar-refractivity contribution in [2.45, 2.75) is 20.0 Å². The Bertz CT molecular complexity index is 636. The number of hydrogen-bond donors (Lipinski definition) is 0. The van der Waals surface area contributed by atoms with Crippen LogP contribution in [0, 0.1) is 6.92 Å². The molecular weight excluding hydrogens is 258 g/mol. The molecule has 2 aromatic rings. The van der Waals surface area contributed by atoms with Crippen molar-refractivity contribution in [3.63, 3.8) is 0 Å². The fourth-order valence-electron chi connectivity index (χ4n) is 1.68. The lowest BCUT2D eigenvalue weighted by molar-refractivity contribution is 0.0665. The Morgan fingerprint density at radius 2 is 2.21 bits per heavy atom. The van der Waals surface area contributed by atoms with E-state index in [0.717, 1.165) is 10.8 Å². The van der Waals surface area contributed by atoms with Crippen molar-refractivity contribution in [1.82, 2.24) is 19.1 Å². The van der Waals surface area contributed by atoms with Crippen LogP contribution in [0.4, 0.5) is 8.78 Å². The van der Waals surface area contributed by atoms with E-state index in [4.69, 9.17) is 4.74 Å². The zero-order valence-corrected chi connectivity index (χ0v) is 10.4. The number of aromatic nitrogens is 4. The van der Waals surface area contributed by atoms with Gasteiger partial charge in [0, 0.05) is 24.2 Å². The Labute approximate surface area is 107 Å². The molecule has 0 atom stereocenters. The lowest BCUT2D eigenvalue weighted by Gasteiger charge is -2.11. The van der Waals surface area contributed by atoms with Gasteiger partial charge in [-0.1, -0.05) is 0 Å². The van der Waals surface area contributed by atoms with E-state index in [1.165, 1.54) is 19.4 Å². The van der Waals surface area contributed by atoms with Crippen LogP contribution in [0.25, 0.3) is 0 Å². The molecule has 0 bridgehead atoms. The number of imidazole rings is 1. The van der Waals surface area contributed by atoms with E-state index in [1.807, 2.05) is 0 Å².